The Morgan fingerprint density at radius 1 is 0.926 bits per heavy atom. The van der Waals surface area contributed by atoms with Gasteiger partial charge in [0.05, 0.1) is 0 Å². The van der Waals surface area contributed by atoms with Crippen LogP contribution in [0.4, 0.5) is 5.82 Å². The van der Waals surface area contributed by atoms with Crippen LogP contribution in [0.3, 0.4) is 0 Å². The van der Waals surface area contributed by atoms with Crippen LogP contribution in [0.25, 0.3) is 22.3 Å². The van der Waals surface area contributed by atoms with Gasteiger partial charge in [-0.1, -0.05) is 36.4 Å². The largest absolute Gasteiger partial charge is 0.457 e. The van der Waals surface area contributed by atoms with Crippen molar-refractivity contribution in [1.29, 1.82) is 0 Å². The highest BCUT2D eigenvalue weighted by atomic mass is 16.5. The summed E-state index contributed by atoms with van der Waals surface area (Å²) < 4.78 is 7.59. The molecule has 1 aliphatic carbocycles. The Kier molecular flexibility index (Phi) is 3.47. The highest BCUT2D eigenvalue weighted by Gasteiger charge is 2.19. The lowest BCUT2D eigenvalue weighted by Crippen LogP contribution is -2.02. The fourth-order valence-electron chi connectivity index (χ4n) is 2.99. The summed E-state index contributed by atoms with van der Waals surface area (Å²) in [5, 5.41) is 4.33. The third-order valence-corrected chi connectivity index (χ3v) is 4.38. The van der Waals surface area contributed by atoms with Gasteiger partial charge in [-0.25, -0.2) is 14.5 Å². The SMILES string of the molecule is Nc1ncnn2c(C3=CC=C3)nc(-c3ccc(Oc4ccccc4)cc3)c12. The van der Waals surface area contributed by atoms with Crippen molar-refractivity contribution in [2.24, 2.45) is 0 Å². The summed E-state index contributed by atoms with van der Waals surface area (Å²) in [6.07, 6.45) is 7.40. The van der Waals surface area contributed by atoms with Crippen molar-refractivity contribution in [1.82, 2.24) is 19.6 Å². The summed E-state index contributed by atoms with van der Waals surface area (Å²) in [6.45, 7) is 0. The summed E-state index contributed by atoms with van der Waals surface area (Å²) in [4.78, 5) is 8.90. The summed E-state index contributed by atoms with van der Waals surface area (Å²) in [5.74, 6) is 2.69. The topological polar surface area (TPSA) is 78.3 Å². The van der Waals surface area contributed by atoms with E-state index >= 15 is 0 Å². The van der Waals surface area contributed by atoms with Gasteiger partial charge in [0.2, 0.25) is 0 Å². The third kappa shape index (κ3) is 2.64. The van der Waals surface area contributed by atoms with Crippen LogP contribution in [0.2, 0.25) is 0 Å². The number of allylic oxidation sites excluding steroid dienone is 4. The summed E-state index contributed by atoms with van der Waals surface area (Å²) in [5.41, 5.74) is 9.50. The van der Waals surface area contributed by atoms with E-state index in [1.807, 2.05) is 72.8 Å². The van der Waals surface area contributed by atoms with Gasteiger partial charge in [-0.05, 0) is 36.4 Å². The van der Waals surface area contributed by atoms with Crippen molar-refractivity contribution in [3.8, 4) is 22.8 Å². The number of imidazole rings is 1. The summed E-state index contributed by atoms with van der Waals surface area (Å²) >= 11 is 0. The van der Waals surface area contributed by atoms with Crippen molar-refractivity contribution in [2.45, 2.75) is 0 Å². The van der Waals surface area contributed by atoms with Crippen LogP contribution in [0.5, 0.6) is 11.5 Å². The predicted octanol–water partition coefficient (Wildman–Crippen LogP) is 4.12. The first-order valence-electron chi connectivity index (χ1n) is 8.51. The van der Waals surface area contributed by atoms with Gasteiger partial charge in [0, 0.05) is 11.1 Å². The summed E-state index contributed by atoms with van der Waals surface area (Å²) in [6, 6.07) is 17.4. The Morgan fingerprint density at radius 3 is 2.37 bits per heavy atom. The Morgan fingerprint density at radius 2 is 1.67 bits per heavy atom. The molecule has 5 rings (SSSR count). The van der Waals surface area contributed by atoms with Gasteiger partial charge in [-0.15, -0.1) is 0 Å². The molecule has 0 radical (unpaired) electrons. The van der Waals surface area contributed by atoms with Crippen LogP contribution in [-0.2, 0) is 0 Å². The number of ether oxygens (including phenoxy) is 1. The lowest BCUT2D eigenvalue weighted by Gasteiger charge is -2.06. The Bertz CT molecular complexity index is 1190. The van der Waals surface area contributed by atoms with Crippen molar-refractivity contribution in [2.75, 3.05) is 5.73 Å². The Labute approximate surface area is 155 Å². The Hall–Kier alpha value is -3.93. The van der Waals surface area contributed by atoms with E-state index < -0.39 is 0 Å². The number of nitrogens with two attached hydrogens (primary N) is 1. The van der Waals surface area contributed by atoms with Crippen LogP contribution < -0.4 is 10.5 Å². The minimum atomic E-state index is 0.396. The molecule has 0 fully saturated rings. The fourth-order valence-corrected chi connectivity index (χ4v) is 2.99. The quantitative estimate of drug-likeness (QED) is 0.597. The number of hydrogen-bond acceptors (Lipinski definition) is 5. The van der Waals surface area contributed by atoms with E-state index in [-0.39, 0.29) is 0 Å². The number of hydrogen-bond donors (Lipinski definition) is 1. The molecule has 2 aromatic heterocycles. The molecule has 2 aromatic carbocycles. The van der Waals surface area contributed by atoms with Crippen molar-refractivity contribution in [3.05, 3.63) is 85.0 Å². The number of benzene rings is 2. The number of para-hydroxylation sites is 1. The van der Waals surface area contributed by atoms with Gasteiger partial charge >= 0.3 is 0 Å². The lowest BCUT2D eigenvalue weighted by molar-refractivity contribution is 0.483. The average Bonchev–Trinajstić information content (AvgIpc) is 3.03. The van der Waals surface area contributed by atoms with E-state index in [2.05, 4.69) is 10.1 Å². The number of aromatic nitrogens is 4. The van der Waals surface area contributed by atoms with Crippen molar-refractivity contribution in [3.63, 3.8) is 0 Å². The third-order valence-electron chi connectivity index (χ3n) is 4.38. The summed E-state index contributed by atoms with van der Waals surface area (Å²) in [7, 11) is 0. The molecule has 6 nitrogen and oxygen atoms in total. The molecule has 0 spiro atoms. The molecule has 0 saturated heterocycles. The van der Waals surface area contributed by atoms with Gasteiger partial charge in [-0.3, -0.25) is 0 Å². The van der Waals surface area contributed by atoms with E-state index in [0.29, 0.717) is 11.3 Å². The van der Waals surface area contributed by atoms with Gasteiger partial charge < -0.3 is 10.5 Å². The van der Waals surface area contributed by atoms with Crippen molar-refractivity contribution >= 4 is 16.9 Å². The minimum absolute atomic E-state index is 0.396. The predicted molar refractivity (Wildman–Crippen MR) is 104 cm³/mol. The van der Waals surface area contributed by atoms with Crippen LogP contribution in [0, 0.1) is 0 Å². The molecule has 2 heterocycles. The fraction of sp³-hybridized carbons (Fsp3) is 0. The molecular weight excluding hydrogens is 338 g/mol. The highest BCUT2D eigenvalue weighted by Crippen LogP contribution is 2.32. The molecule has 4 aromatic rings. The second kappa shape index (κ2) is 6.10. The first-order valence-corrected chi connectivity index (χ1v) is 8.51. The molecule has 0 unspecified atom stereocenters. The van der Waals surface area contributed by atoms with E-state index in [0.717, 1.165) is 34.2 Å². The van der Waals surface area contributed by atoms with Gasteiger partial charge in [0.1, 0.15) is 29.0 Å². The highest BCUT2D eigenvalue weighted by molar-refractivity contribution is 5.89. The standard InChI is InChI=1S/C21H15N5O/c22-20-19-18(25-21(15-5-4-6-15)26(19)24-13-23-20)14-9-11-17(12-10-14)27-16-7-2-1-3-8-16/h1-13H,(H2,22,23,24). The second-order valence-electron chi connectivity index (χ2n) is 6.11. The van der Waals surface area contributed by atoms with E-state index in [4.69, 9.17) is 15.5 Å². The number of nitrogens with zero attached hydrogens (tertiary/aromatic N) is 4. The minimum Gasteiger partial charge on any atom is -0.457 e. The number of anilines is 1. The number of fused-ring (bicyclic) bond motifs is 1. The molecule has 0 saturated carbocycles. The second-order valence-corrected chi connectivity index (χ2v) is 6.11. The lowest BCUT2D eigenvalue weighted by atomic mass is 10.1. The molecule has 0 amide bonds. The zero-order valence-corrected chi connectivity index (χ0v) is 14.3. The smallest absolute Gasteiger partial charge is 0.162 e. The van der Waals surface area contributed by atoms with E-state index in [1.54, 1.807) is 4.52 Å². The van der Waals surface area contributed by atoms with Gasteiger partial charge in [0.15, 0.2) is 11.6 Å². The first kappa shape index (κ1) is 15.3. The van der Waals surface area contributed by atoms with Crippen LogP contribution in [0.1, 0.15) is 5.82 Å². The first-order chi connectivity index (χ1) is 13.3. The molecule has 6 heteroatoms. The maximum atomic E-state index is 6.13. The number of rotatable bonds is 4. The van der Waals surface area contributed by atoms with Gasteiger partial charge in [-0.2, -0.15) is 5.10 Å². The maximum Gasteiger partial charge on any atom is 0.162 e. The van der Waals surface area contributed by atoms with Crippen molar-refractivity contribution < 1.29 is 4.74 Å². The molecule has 2 N–H and O–H groups in total. The molecule has 1 aliphatic rings. The number of nitrogen functional groups attached to an aromatic ring is 1. The normalized spacial score (nSPS) is 12.7. The van der Waals surface area contributed by atoms with Crippen LogP contribution in [0.15, 0.2) is 79.2 Å². The zero-order valence-electron chi connectivity index (χ0n) is 14.3. The van der Waals surface area contributed by atoms with Crippen LogP contribution >= 0.6 is 0 Å². The monoisotopic (exact) mass is 353 g/mol. The molecule has 0 atom stereocenters. The van der Waals surface area contributed by atoms with E-state index in [9.17, 15) is 0 Å². The molecule has 130 valence electrons. The molecular formula is C21H15N5O. The van der Waals surface area contributed by atoms with E-state index in [1.165, 1.54) is 6.33 Å². The Balaban J connectivity index is 1.55. The van der Waals surface area contributed by atoms with Crippen LogP contribution in [-0.4, -0.2) is 19.6 Å². The average molecular weight is 353 g/mol. The maximum absolute atomic E-state index is 6.13. The molecule has 0 aliphatic heterocycles. The van der Waals surface area contributed by atoms with Gasteiger partial charge in [0.25, 0.3) is 0 Å². The molecule has 0 bridgehead atoms. The molecule has 27 heavy (non-hydrogen) atoms. The zero-order chi connectivity index (χ0) is 18.2.